The summed E-state index contributed by atoms with van der Waals surface area (Å²) in [6, 6.07) is 12.0. The molecule has 0 aliphatic carbocycles. The van der Waals surface area contributed by atoms with Crippen LogP contribution in [0.15, 0.2) is 53.4 Å². The maximum atomic E-state index is 12.8. The lowest BCUT2D eigenvalue weighted by Gasteiger charge is -2.27. The van der Waals surface area contributed by atoms with Crippen LogP contribution in [0, 0.1) is 0 Å². The molecular weight excluding hydrogens is 458 g/mol. The molecule has 0 unspecified atom stereocenters. The normalized spacial score (nSPS) is 16.0. The Labute approximate surface area is 190 Å². The molecule has 0 saturated carbocycles. The van der Waals surface area contributed by atoms with Crippen LogP contribution < -0.4 is 14.9 Å². The third-order valence-electron chi connectivity index (χ3n) is 4.73. The summed E-state index contributed by atoms with van der Waals surface area (Å²) in [7, 11) is -3.80. The van der Waals surface area contributed by atoms with E-state index in [1.165, 1.54) is 29.2 Å². The zero-order valence-electron chi connectivity index (χ0n) is 17.2. The SMILES string of the molecule is C[C@@H]1CC(=O)Nc2ccccc2N1C(=O)COC(=O)CCNS(=O)(=O)c1ccc(Cl)cc1. The summed E-state index contributed by atoms with van der Waals surface area (Å²) in [6.07, 6.45) is -0.160. The second-order valence-electron chi connectivity index (χ2n) is 7.14. The molecule has 1 aliphatic rings. The van der Waals surface area contributed by atoms with Crippen molar-refractivity contribution in [1.82, 2.24) is 4.72 Å². The van der Waals surface area contributed by atoms with Crippen LogP contribution in [-0.2, 0) is 29.1 Å². The van der Waals surface area contributed by atoms with Gasteiger partial charge in [0.05, 0.1) is 22.7 Å². The number of amides is 2. The number of hydrogen-bond acceptors (Lipinski definition) is 6. The van der Waals surface area contributed by atoms with Gasteiger partial charge in [0.25, 0.3) is 5.91 Å². The van der Waals surface area contributed by atoms with Gasteiger partial charge in [0.2, 0.25) is 15.9 Å². The van der Waals surface area contributed by atoms with Crippen LogP contribution in [0.4, 0.5) is 11.4 Å². The van der Waals surface area contributed by atoms with Gasteiger partial charge in [-0.25, -0.2) is 13.1 Å². The van der Waals surface area contributed by atoms with Gasteiger partial charge in [0.15, 0.2) is 6.61 Å². The zero-order chi connectivity index (χ0) is 23.3. The van der Waals surface area contributed by atoms with E-state index in [0.29, 0.717) is 16.4 Å². The fraction of sp³-hybridized carbons (Fsp3) is 0.286. The maximum absolute atomic E-state index is 12.8. The highest BCUT2D eigenvalue weighted by Gasteiger charge is 2.30. The van der Waals surface area contributed by atoms with E-state index in [1.807, 2.05) is 0 Å². The molecule has 0 saturated heterocycles. The van der Waals surface area contributed by atoms with Gasteiger partial charge in [0, 0.05) is 24.0 Å². The third-order valence-corrected chi connectivity index (χ3v) is 6.46. The Morgan fingerprint density at radius 3 is 2.59 bits per heavy atom. The minimum absolute atomic E-state index is 0.0161. The van der Waals surface area contributed by atoms with Gasteiger partial charge in [-0.3, -0.25) is 14.4 Å². The molecule has 32 heavy (non-hydrogen) atoms. The van der Waals surface area contributed by atoms with E-state index in [-0.39, 0.29) is 30.2 Å². The Balaban J connectivity index is 1.54. The molecule has 2 amide bonds. The van der Waals surface area contributed by atoms with Crippen LogP contribution in [0.1, 0.15) is 19.8 Å². The molecule has 170 valence electrons. The van der Waals surface area contributed by atoms with Crippen LogP contribution in [0.2, 0.25) is 5.02 Å². The number of esters is 1. The number of benzene rings is 2. The molecule has 9 nitrogen and oxygen atoms in total. The number of carbonyl (C=O) groups is 3. The van der Waals surface area contributed by atoms with Gasteiger partial charge in [-0.1, -0.05) is 23.7 Å². The van der Waals surface area contributed by atoms with E-state index in [1.54, 1.807) is 31.2 Å². The molecule has 0 aromatic heterocycles. The van der Waals surface area contributed by atoms with E-state index in [4.69, 9.17) is 16.3 Å². The molecule has 0 bridgehead atoms. The van der Waals surface area contributed by atoms with Gasteiger partial charge in [-0.15, -0.1) is 0 Å². The number of para-hydroxylation sites is 2. The topological polar surface area (TPSA) is 122 Å². The molecule has 1 aliphatic heterocycles. The zero-order valence-corrected chi connectivity index (χ0v) is 18.8. The van der Waals surface area contributed by atoms with Gasteiger partial charge >= 0.3 is 5.97 Å². The van der Waals surface area contributed by atoms with Crippen LogP contribution in [-0.4, -0.2) is 45.4 Å². The van der Waals surface area contributed by atoms with Crippen molar-refractivity contribution in [3.8, 4) is 0 Å². The summed E-state index contributed by atoms with van der Waals surface area (Å²) in [6.45, 7) is 1.00. The Hall–Kier alpha value is -2.95. The Bertz CT molecular complexity index is 1120. The average molecular weight is 480 g/mol. The number of sulfonamides is 1. The lowest BCUT2D eigenvalue weighted by Crippen LogP contribution is -2.41. The van der Waals surface area contributed by atoms with Crippen molar-refractivity contribution >= 4 is 50.8 Å². The largest absolute Gasteiger partial charge is 0.456 e. The van der Waals surface area contributed by atoms with Crippen molar-refractivity contribution in [1.29, 1.82) is 0 Å². The highest BCUT2D eigenvalue weighted by molar-refractivity contribution is 7.89. The summed E-state index contributed by atoms with van der Waals surface area (Å²) in [5.74, 6) is -1.44. The van der Waals surface area contributed by atoms with E-state index < -0.39 is 34.5 Å². The molecule has 11 heteroatoms. The Morgan fingerprint density at radius 2 is 1.88 bits per heavy atom. The van der Waals surface area contributed by atoms with E-state index in [9.17, 15) is 22.8 Å². The fourth-order valence-corrected chi connectivity index (χ4v) is 4.39. The van der Waals surface area contributed by atoms with E-state index in [0.717, 1.165) is 0 Å². The van der Waals surface area contributed by atoms with Crippen LogP contribution in [0.3, 0.4) is 0 Å². The van der Waals surface area contributed by atoms with Crippen molar-refractivity contribution in [2.45, 2.75) is 30.7 Å². The maximum Gasteiger partial charge on any atom is 0.307 e. The minimum atomic E-state index is -3.80. The van der Waals surface area contributed by atoms with Gasteiger partial charge in [0.1, 0.15) is 0 Å². The average Bonchev–Trinajstić information content (AvgIpc) is 2.86. The van der Waals surface area contributed by atoms with Gasteiger partial charge < -0.3 is 15.0 Å². The molecule has 0 fully saturated rings. The van der Waals surface area contributed by atoms with Crippen molar-refractivity contribution in [3.63, 3.8) is 0 Å². The predicted molar refractivity (Wildman–Crippen MR) is 119 cm³/mol. The molecule has 0 radical (unpaired) electrons. The number of carbonyl (C=O) groups excluding carboxylic acids is 3. The van der Waals surface area contributed by atoms with Crippen LogP contribution in [0.5, 0.6) is 0 Å². The monoisotopic (exact) mass is 479 g/mol. The molecule has 1 heterocycles. The van der Waals surface area contributed by atoms with E-state index >= 15 is 0 Å². The first-order chi connectivity index (χ1) is 15.2. The molecule has 1 atom stereocenters. The highest BCUT2D eigenvalue weighted by Crippen LogP contribution is 2.31. The molecule has 2 aromatic rings. The summed E-state index contributed by atoms with van der Waals surface area (Å²) in [5, 5.41) is 3.15. The number of nitrogens with zero attached hydrogens (tertiary/aromatic N) is 1. The number of halogens is 1. The summed E-state index contributed by atoms with van der Waals surface area (Å²) in [4.78, 5) is 38.2. The van der Waals surface area contributed by atoms with Crippen molar-refractivity contribution in [2.75, 3.05) is 23.4 Å². The summed E-state index contributed by atoms with van der Waals surface area (Å²) < 4.78 is 31.8. The molecule has 3 rings (SSSR count). The lowest BCUT2D eigenvalue weighted by molar-refractivity contribution is -0.147. The first kappa shape index (κ1) is 23.7. The number of anilines is 2. The molecule has 0 spiro atoms. The highest BCUT2D eigenvalue weighted by atomic mass is 35.5. The second kappa shape index (κ2) is 10.1. The number of rotatable bonds is 7. The van der Waals surface area contributed by atoms with Crippen molar-refractivity contribution < 1.29 is 27.5 Å². The number of hydrogen-bond donors (Lipinski definition) is 2. The quantitative estimate of drug-likeness (QED) is 0.588. The van der Waals surface area contributed by atoms with E-state index in [2.05, 4.69) is 10.0 Å². The van der Waals surface area contributed by atoms with Crippen LogP contribution in [0.25, 0.3) is 0 Å². The number of fused-ring (bicyclic) bond motifs is 1. The summed E-state index contributed by atoms with van der Waals surface area (Å²) >= 11 is 5.75. The predicted octanol–water partition coefficient (Wildman–Crippen LogP) is 2.32. The first-order valence-corrected chi connectivity index (χ1v) is 11.7. The molecular formula is C21H22ClN3O6S. The Kier molecular flexibility index (Phi) is 7.49. The fourth-order valence-electron chi connectivity index (χ4n) is 3.24. The third kappa shape index (κ3) is 5.84. The lowest BCUT2D eigenvalue weighted by atomic mass is 10.1. The molecule has 2 N–H and O–H groups in total. The van der Waals surface area contributed by atoms with Gasteiger partial charge in [-0.05, 0) is 43.3 Å². The first-order valence-electron chi connectivity index (χ1n) is 9.79. The summed E-state index contributed by atoms with van der Waals surface area (Å²) in [5.41, 5.74) is 1.01. The molecule has 2 aromatic carbocycles. The smallest absolute Gasteiger partial charge is 0.307 e. The minimum Gasteiger partial charge on any atom is -0.456 e. The standard InChI is InChI=1S/C21H22ClN3O6S/c1-14-12-19(26)24-17-4-2-3-5-18(17)25(14)20(27)13-31-21(28)10-11-23-32(29,30)16-8-6-15(22)7-9-16/h2-9,14,23H,10-13H2,1H3,(H,24,26)/t14-/m1/s1. The van der Waals surface area contributed by atoms with Gasteiger partial charge in [-0.2, -0.15) is 0 Å². The van der Waals surface area contributed by atoms with Crippen LogP contribution >= 0.6 is 11.6 Å². The number of ether oxygens (including phenoxy) is 1. The number of nitrogens with one attached hydrogen (secondary N) is 2. The van der Waals surface area contributed by atoms with Crippen molar-refractivity contribution in [3.05, 3.63) is 53.6 Å². The van der Waals surface area contributed by atoms with Crippen molar-refractivity contribution in [2.24, 2.45) is 0 Å². The second-order valence-corrected chi connectivity index (χ2v) is 9.35. The Morgan fingerprint density at radius 1 is 1.19 bits per heavy atom.